The Morgan fingerprint density at radius 1 is 0.762 bits per heavy atom. The van der Waals surface area contributed by atoms with Gasteiger partial charge in [-0.15, -0.1) is 0 Å². The van der Waals surface area contributed by atoms with Crippen LogP contribution in [0.4, 0.5) is 18.9 Å². The molecule has 218 valence electrons. The number of halogens is 3. The normalized spacial score (nSPS) is 14.7. The minimum absolute atomic E-state index is 0.0235. The fourth-order valence-electron chi connectivity index (χ4n) is 5.09. The number of allylic oxidation sites excluding steroid dienone is 2. The molecule has 0 atom stereocenters. The molecule has 0 aromatic heterocycles. The van der Waals surface area contributed by atoms with Gasteiger partial charge in [0.25, 0.3) is 0 Å². The number of carbonyl (C=O) groups is 2. The van der Waals surface area contributed by atoms with Crippen molar-refractivity contribution < 1.29 is 32.2 Å². The van der Waals surface area contributed by atoms with Crippen LogP contribution in [-0.4, -0.2) is 35.9 Å². The third-order valence-electron chi connectivity index (χ3n) is 6.83. The molecule has 0 spiro atoms. The molecule has 0 radical (unpaired) electrons. The summed E-state index contributed by atoms with van der Waals surface area (Å²) in [6.07, 6.45) is -4.75. The molecule has 0 bridgehead atoms. The summed E-state index contributed by atoms with van der Waals surface area (Å²) in [5.41, 5.74) is 0.360. The van der Waals surface area contributed by atoms with Gasteiger partial charge in [0.2, 0.25) is 0 Å². The third kappa shape index (κ3) is 6.15. The average Bonchev–Trinajstić information content (AvgIpc) is 2.97. The molecule has 42 heavy (non-hydrogen) atoms. The number of alkyl halides is 3. The van der Waals surface area contributed by atoms with Crippen molar-refractivity contribution in [3.63, 3.8) is 0 Å². The summed E-state index contributed by atoms with van der Waals surface area (Å²) >= 11 is 0. The highest BCUT2D eigenvalue weighted by molar-refractivity contribution is 6.07. The lowest BCUT2D eigenvalue weighted by Crippen LogP contribution is -2.39. The van der Waals surface area contributed by atoms with Crippen molar-refractivity contribution in [2.24, 2.45) is 4.99 Å². The first-order chi connectivity index (χ1) is 20.1. The molecular formula is C33H31F3N2O4. The quantitative estimate of drug-likeness (QED) is 0.165. The van der Waals surface area contributed by atoms with Gasteiger partial charge in [-0.25, -0.2) is 14.6 Å². The van der Waals surface area contributed by atoms with E-state index in [-0.39, 0.29) is 41.3 Å². The van der Waals surface area contributed by atoms with Crippen molar-refractivity contribution >= 4 is 23.5 Å². The number of amidine groups is 1. The van der Waals surface area contributed by atoms with Crippen LogP contribution < -0.4 is 0 Å². The molecule has 0 amide bonds. The summed E-state index contributed by atoms with van der Waals surface area (Å²) in [5.74, 6) is -2.74. The number of hydrogen-bond acceptors (Lipinski definition) is 5. The molecule has 0 fully saturated rings. The fraction of sp³-hybridized carbons (Fsp3) is 0.242. The molecule has 1 aliphatic rings. The Balaban J connectivity index is 2.11. The van der Waals surface area contributed by atoms with Crippen molar-refractivity contribution in [2.75, 3.05) is 13.2 Å². The Morgan fingerprint density at radius 3 is 1.74 bits per heavy atom. The van der Waals surface area contributed by atoms with Gasteiger partial charge in [0.15, 0.2) is 0 Å². The largest absolute Gasteiger partial charge is 0.463 e. The first kappa shape index (κ1) is 30.3. The fourth-order valence-corrected chi connectivity index (χ4v) is 5.09. The van der Waals surface area contributed by atoms with E-state index in [1.807, 2.05) is 48.5 Å². The van der Waals surface area contributed by atoms with Crippen molar-refractivity contribution in [3.8, 4) is 0 Å². The summed E-state index contributed by atoms with van der Waals surface area (Å²) in [6.45, 7) is 6.39. The molecule has 1 aliphatic heterocycles. The standard InChI is InChI=1S/C33H31F3N2O4/c1-5-41-31(39)27-21(3)38(30(23-15-9-7-10-16-23)37-24-17-11-8-12-18-24)22(4)28(32(40)42-6-2)29(27)25-19-13-14-20-26(25)33(34,35)36/h7-20,29H,5-6H2,1-4H3. The minimum Gasteiger partial charge on any atom is -0.463 e. The number of carbonyl (C=O) groups excluding carboxylic acids is 2. The van der Waals surface area contributed by atoms with E-state index in [1.165, 1.54) is 18.2 Å². The Labute approximate surface area is 242 Å². The molecular weight excluding hydrogens is 545 g/mol. The van der Waals surface area contributed by atoms with Gasteiger partial charge in [-0.05, 0) is 51.5 Å². The summed E-state index contributed by atoms with van der Waals surface area (Å²) in [6, 6.07) is 23.1. The van der Waals surface area contributed by atoms with Gasteiger partial charge < -0.3 is 14.4 Å². The van der Waals surface area contributed by atoms with E-state index in [0.717, 1.165) is 6.07 Å². The first-order valence-corrected chi connectivity index (χ1v) is 13.5. The summed E-state index contributed by atoms with van der Waals surface area (Å²) in [4.78, 5) is 33.8. The van der Waals surface area contributed by atoms with Gasteiger partial charge in [-0.2, -0.15) is 13.2 Å². The van der Waals surface area contributed by atoms with Crippen molar-refractivity contribution in [1.29, 1.82) is 0 Å². The summed E-state index contributed by atoms with van der Waals surface area (Å²) in [5, 5.41) is 0. The van der Waals surface area contributed by atoms with Gasteiger partial charge >= 0.3 is 18.1 Å². The number of hydrogen-bond donors (Lipinski definition) is 0. The molecule has 0 aliphatic carbocycles. The van der Waals surface area contributed by atoms with E-state index in [9.17, 15) is 22.8 Å². The van der Waals surface area contributed by atoms with Gasteiger partial charge in [-0.1, -0.05) is 66.7 Å². The van der Waals surface area contributed by atoms with Crippen LogP contribution in [0.15, 0.2) is 112 Å². The number of esters is 2. The molecule has 3 aromatic carbocycles. The molecule has 6 nitrogen and oxygen atoms in total. The maximum absolute atomic E-state index is 14.3. The first-order valence-electron chi connectivity index (χ1n) is 13.5. The zero-order valence-electron chi connectivity index (χ0n) is 23.7. The summed E-state index contributed by atoms with van der Waals surface area (Å²) in [7, 11) is 0. The highest BCUT2D eigenvalue weighted by Crippen LogP contribution is 2.47. The van der Waals surface area contributed by atoms with Crippen LogP contribution in [0.25, 0.3) is 0 Å². The Kier molecular flexibility index (Phi) is 9.30. The minimum atomic E-state index is -4.75. The lowest BCUT2D eigenvalue weighted by atomic mass is 9.77. The maximum Gasteiger partial charge on any atom is 0.416 e. The molecule has 1 heterocycles. The van der Waals surface area contributed by atoms with Gasteiger partial charge in [0.05, 0.1) is 41.5 Å². The predicted octanol–water partition coefficient (Wildman–Crippen LogP) is 7.56. The molecule has 0 unspecified atom stereocenters. The van der Waals surface area contributed by atoms with Crippen molar-refractivity contribution in [2.45, 2.75) is 39.8 Å². The van der Waals surface area contributed by atoms with Crippen LogP contribution in [0.5, 0.6) is 0 Å². The van der Waals surface area contributed by atoms with Crippen LogP contribution in [0.1, 0.15) is 50.3 Å². The van der Waals surface area contributed by atoms with Crippen molar-refractivity contribution in [3.05, 3.63) is 124 Å². The zero-order chi connectivity index (χ0) is 30.4. The lowest BCUT2D eigenvalue weighted by Gasteiger charge is -2.39. The second-order valence-electron chi connectivity index (χ2n) is 9.43. The third-order valence-corrected chi connectivity index (χ3v) is 6.83. The number of benzene rings is 3. The van der Waals surface area contributed by atoms with Crippen LogP contribution in [0, 0.1) is 0 Å². The van der Waals surface area contributed by atoms with Crippen LogP contribution in [-0.2, 0) is 25.2 Å². The Hall–Kier alpha value is -4.66. The SMILES string of the molecule is CCOC(=O)C1=C(C)N(C(=Nc2ccccc2)c2ccccc2)C(C)=C(C(=O)OCC)C1c1ccccc1C(F)(F)F. The average molecular weight is 577 g/mol. The van der Waals surface area contributed by atoms with E-state index >= 15 is 0 Å². The van der Waals surface area contributed by atoms with Crippen LogP contribution >= 0.6 is 0 Å². The smallest absolute Gasteiger partial charge is 0.416 e. The van der Waals surface area contributed by atoms with E-state index in [0.29, 0.717) is 17.1 Å². The number of para-hydroxylation sites is 1. The van der Waals surface area contributed by atoms with E-state index in [4.69, 9.17) is 14.5 Å². The second kappa shape index (κ2) is 12.9. The Bertz CT molecular complexity index is 1500. The highest BCUT2D eigenvalue weighted by Gasteiger charge is 2.45. The molecule has 3 aromatic rings. The van der Waals surface area contributed by atoms with Crippen molar-refractivity contribution in [1.82, 2.24) is 4.90 Å². The van der Waals surface area contributed by atoms with Gasteiger partial charge in [0.1, 0.15) is 5.84 Å². The zero-order valence-corrected chi connectivity index (χ0v) is 23.7. The van der Waals surface area contributed by atoms with E-state index in [2.05, 4.69) is 0 Å². The predicted molar refractivity (Wildman–Crippen MR) is 154 cm³/mol. The topological polar surface area (TPSA) is 68.2 Å². The number of nitrogens with zero attached hydrogens (tertiary/aromatic N) is 2. The molecule has 0 saturated carbocycles. The van der Waals surface area contributed by atoms with E-state index in [1.54, 1.807) is 44.7 Å². The van der Waals surface area contributed by atoms with Crippen LogP contribution in [0.3, 0.4) is 0 Å². The van der Waals surface area contributed by atoms with Gasteiger partial charge in [0, 0.05) is 17.0 Å². The number of ether oxygens (including phenoxy) is 2. The van der Waals surface area contributed by atoms with E-state index < -0.39 is 29.6 Å². The Morgan fingerprint density at radius 2 is 1.24 bits per heavy atom. The number of rotatable bonds is 7. The highest BCUT2D eigenvalue weighted by atomic mass is 19.4. The van der Waals surface area contributed by atoms with Gasteiger partial charge in [-0.3, -0.25) is 0 Å². The monoisotopic (exact) mass is 576 g/mol. The molecule has 0 N–H and O–H groups in total. The van der Waals surface area contributed by atoms with Crippen LogP contribution in [0.2, 0.25) is 0 Å². The number of aliphatic imine (C=N–C) groups is 1. The molecule has 0 saturated heterocycles. The summed E-state index contributed by atoms with van der Waals surface area (Å²) < 4.78 is 53.7. The maximum atomic E-state index is 14.3. The molecule has 9 heteroatoms. The lowest BCUT2D eigenvalue weighted by molar-refractivity contribution is -0.142. The second-order valence-corrected chi connectivity index (χ2v) is 9.43. The molecule has 4 rings (SSSR count).